The summed E-state index contributed by atoms with van der Waals surface area (Å²) in [5, 5.41) is 0. The van der Waals surface area contributed by atoms with Crippen molar-refractivity contribution >= 4 is 17.7 Å². The quantitative estimate of drug-likeness (QED) is 0.692. The molecule has 144 valence electrons. The monoisotopic (exact) mass is 370 g/mol. The maximum absolute atomic E-state index is 13.6. The number of esters is 2. The van der Waals surface area contributed by atoms with Crippen molar-refractivity contribution in [2.45, 2.75) is 63.9 Å². The highest BCUT2D eigenvalue weighted by molar-refractivity contribution is 6.05. The molecule has 0 aromatic carbocycles. The van der Waals surface area contributed by atoms with Gasteiger partial charge in [-0.2, -0.15) is 0 Å². The molecule has 5 heteroatoms. The van der Waals surface area contributed by atoms with Crippen LogP contribution in [-0.4, -0.2) is 30.4 Å². The van der Waals surface area contributed by atoms with Crippen LogP contribution >= 0.6 is 0 Å². The van der Waals surface area contributed by atoms with Crippen molar-refractivity contribution in [3.63, 3.8) is 0 Å². The van der Waals surface area contributed by atoms with Crippen molar-refractivity contribution in [1.29, 1.82) is 0 Å². The number of hydrogen-bond donors (Lipinski definition) is 0. The number of ketones is 1. The first-order valence-electron chi connectivity index (χ1n) is 9.97. The lowest BCUT2D eigenvalue weighted by Gasteiger charge is -2.56. The minimum absolute atomic E-state index is 0.00949. The number of rotatable bonds is 5. The third-order valence-corrected chi connectivity index (χ3v) is 6.77. The van der Waals surface area contributed by atoms with Crippen molar-refractivity contribution in [1.82, 2.24) is 0 Å². The molecule has 3 atom stereocenters. The summed E-state index contributed by atoms with van der Waals surface area (Å²) in [7, 11) is 1.34. The Bertz CT molecular complexity index is 802. The lowest BCUT2D eigenvalue weighted by Crippen LogP contribution is -2.62. The fourth-order valence-corrected chi connectivity index (χ4v) is 5.60. The smallest absolute Gasteiger partial charge is 0.339 e. The van der Waals surface area contributed by atoms with Gasteiger partial charge < -0.3 is 9.47 Å². The van der Waals surface area contributed by atoms with E-state index in [1.807, 2.05) is 25.2 Å². The SMILES string of the molecule is CCCCC(=O)[C@]12CC[C@H](C=C1C(=O)OC)C[C@@]21OC(=O)C2=C1CCC=C2. The molecule has 0 radical (unpaired) electrons. The van der Waals surface area contributed by atoms with Crippen LogP contribution in [0.25, 0.3) is 0 Å². The molecule has 27 heavy (non-hydrogen) atoms. The zero-order valence-electron chi connectivity index (χ0n) is 16.0. The third kappa shape index (κ3) is 2.33. The zero-order chi connectivity index (χ0) is 19.2. The molecule has 0 N–H and O–H groups in total. The third-order valence-electron chi connectivity index (χ3n) is 6.77. The highest BCUT2D eigenvalue weighted by Crippen LogP contribution is 2.64. The molecule has 1 fully saturated rings. The topological polar surface area (TPSA) is 69.7 Å². The summed E-state index contributed by atoms with van der Waals surface area (Å²) < 4.78 is 11.1. The summed E-state index contributed by atoms with van der Waals surface area (Å²) >= 11 is 0. The van der Waals surface area contributed by atoms with E-state index in [1.165, 1.54) is 7.11 Å². The fraction of sp³-hybridized carbons (Fsp3) is 0.591. The van der Waals surface area contributed by atoms with Crippen LogP contribution in [-0.2, 0) is 23.9 Å². The molecule has 0 saturated heterocycles. The van der Waals surface area contributed by atoms with E-state index in [9.17, 15) is 14.4 Å². The van der Waals surface area contributed by atoms with Crippen LogP contribution in [0.5, 0.6) is 0 Å². The number of Topliss-reactive ketones (excluding diaryl/α,β-unsaturated/α-hetero) is 1. The van der Waals surface area contributed by atoms with Crippen molar-refractivity contribution in [3.8, 4) is 0 Å². The Balaban J connectivity index is 1.92. The number of fused-ring (bicyclic) bond motifs is 1. The maximum Gasteiger partial charge on any atom is 0.339 e. The Hall–Kier alpha value is -2.17. The first-order valence-corrected chi connectivity index (χ1v) is 9.97. The highest BCUT2D eigenvalue weighted by Gasteiger charge is 2.70. The van der Waals surface area contributed by atoms with E-state index in [4.69, 9.17) is 9.47 Å². The van der Waals surface area contributed by atoms with Crippen molar-refractivity contribution in [2.75, 3.05) is 7.11 Å². The molecular weight excluding hydrogens is 344 g/mol. The first-order chi connectivity index (χ1) is 13.0. The minimum atomic E-state index is -1.11. The number of methoxy groups -OCH3 is 1. The highest BCUT2D eigenvalue weighted by atomic mass is 16.6. The second-order valence-electron chi connectivity index (χ2n) is 8.06. The van der Waals surface area contributed by atoms with Gasteiger partial charge in [-0.3, -0.25) is 4.79 Å². The Morgan fingerprint density at radius 2 is 2.19 bits per heavy atom. The average molecular weight is 370 g/mol. The van der Waals surface area contributed by atoms with Crippen molar-refractivity contribution in [3.05, 3.63) is 34.9 Å². The number of ether oxygens (including phenoxy) is 2. The van der Waals surface area contributed by atoms with Crippen molar-refractivity contribution < 1.29 is 23.9 Å². The molecule has 5 rings (SSSR count). The molecule has 0 unspecified atom stereocenters. The van der Waals surface area contributed by atoms with E-state index < -0.39 is 17.0 Å². The van der Waals surface area contributed by atoms with Gasteiger partial charge in [0.2, 0.25) is 0 Å². The van der Waals surface area contributed by atoms with E-state index in [1.54, 1.807) is 0 Å². The predicted octanol–water partition coefficient (Wildman–Crippen LogP) is 3.59. The lowest BCUT2D eigenvalue weighted by molar-refractivity contribution is -0.175. The number of hydrogen-bond acceptors (Lipinski definition) is 5. The molecule has 1 saturated carbocycles. The molecule has 0 amide bonds. The van der Waals surface area contributed by atoms with Gasteiger partial charge in [-0.1, -0.05) is 31.6 Å². The summed E-state index contributed by atoms with van der Waals surface area (Å²) in [5.41, 5.74) is -0.220. The second kappa shape index (κ2) is 6.47. The van der Waals surface area contributed by atoms with Gasteiger partial charge in [0.15, 0.2) is 5.60 Å². The Kier molecular flexibility index (Phi) is 4.36. The van der Waals surface area contributed by atoms with Crippen LogP contribution in [0.1, 0.15) is 58.3 Å². The van der Waals surface area contributed by atoms with Crippen LogP contribution in [0.15, 0.2) is 34.9 Å². The van der Waals surface area contributed by atoms with Crippen LogP contribution < -0.4 is 0 Å². The summed E-state index contributed by atoms with van der Waals surface area (Å²) in [6.45, 7) is 2.04. The number of carbonyl (C=O) groups is 3. The van der Waals surface area contributed by atoms with Gasteiger partial charge in [-0.05, 0) is 50.0 Å². The molecular formula is C22H26O5. The van der Waals surface area contributed by atoms with E-state index in [-0.39, 0.29) is 17.7 Å². The Labute approximate surface area is 159 Å². The second-order valence-corrected chi connectivity index (χ2v) is 8.06. The largest absolute Gasteiger partial charge is 0.466 e. The summed E-state index contributed by atoms with van der Waals surface area (Å²) in [6.07, 6.45) is 11.2. The van der Waals surface area contributed by atoms with E-state index in [2.05, 4.69) is 0 Å². The molecule has 1 aliphatic heterocycles. The average Bonchev–Trinajstić information content (AvgIpc) is 2.98. The number of unbranched alkanes of at least 4 members (excludes halogenated alkanes) is 1. The van der Waals surface area contributed by atoms with Gasteiger partial charge in [0, 0.05) is 6.42 Å². The standard InChI is InChI=1S/C22H26O5/c1-3-4-9-18(23)21-11-10-14(12-17(21)20(25)26-2)13-22(21)16-8-6-5-7-15(16)19(24)27-22/h5,7,12,14H,3-4,6,8-11,13H2,1-2H3/t14-,21+,22+/m1/s1. The summed E-state index contributed by atoms with van der Waals surface area (Å²) in [6, 6.07) is 0. The molecule has 0 aromatic heterocycles. The molecule has 1 spiro atoms. The summed E-state index contributed by atoms with van der Waals surface area (Å²) in [4.78, 5) is 39.0. The Morgan fingerprint density at radius 3 is 2.93 bits per heavy atom. The van der Waals surface area contributed by atoms with Crippen LogP contribution in [0, 0.1) is 11.3 Å². The van der Waals surface area contributed by atoms with E-state index >= 15 is 0 Å². The minimum Gasteiger partial charge on any atom is -0.466 e. The predicted molar refractivity (Wildman–Crippen MR) is 98.6 cm³/mol. The molecule has 5 nitrogen and oxygen atoms in total. The Morgan fingerprint density at radius 1 is 1.37 bits per heavy atom. The first kappa shape index (κ1) is 18.2. The zero-order valence-corrected chi connectivity index (χ0v) is 16.0. The molecule has 0 aromatic rings. The van der Waals surface area contributed by atoms with Crippen LogP contribution in [0.4, 0.5) is 0 Å². The molecule has 5 aliphatic rings. The lowest BCUT2D eigenvalue weighted by atomic mass is 9.48. The summed E-state index contributed by atoms with van der Waals surface area (Å²) in [5.74, 6) is -0.707. The van der Waals surface area contributed by atoms with Gasteiger partial charge in [-0.25, -0.2) is 9.59 Å². The van der Waals surface area contributed by atoms with Crippen LogP contribution in [0.3, 0.4) is 0 Å². The number of carbonyl (C=O) groups excluding carboxylic acids is 3. The van der Waals surface area contributed by atoms with Gasteiger partial charge in [0.25, 0.3) is 0 Å². The molecule has 2 bridgehead atoms. The van der Waals surface area contributed by atoms with Gasteiger partial charge in [-0.15, -0.1) is 0 Å². The van der Waals surface area contributed by atoms with Gasteiger partial charge >= 0.3 is 11.9 Å². The van der Waals surface area contributed by atoms with Gasteiger partial charge in [0.05, 0.1) is 18.3 Å². The fourth-order valence-electron chi connectivity index (χ4n) is 5.60. The maximum atomic E-state index is 13.6. The van der Waals surface area contributed by atoms with E-state index in [0.717, 1.165) is 31.3 Å². The molecule has 4 aliphatic carbocycles. The van der Waals surface area contributed by atoms with Gasteiger partial charge in [0.1, 0.15) is 11.2 Å². The van der Waals surface area contributed by atoms with E-state index in [0.29, 0.717) is 36.8 Å². The number of allylic oxidation sites excluding steroid dienone is 2. The van der Waals surface area contributed by atoms with Crippen molar-refractivity contribution in [2.24, 2.45) is 11.3 Å². The normalized spacial score (nSPS) is 33.8. The van der Waals surface area contributed by atoms with Crippen LogP contribution in [0.2, 0.25) is 0 Å². The molecule has 1 heterocycles.